The number of piperazine rings is 1. The smallest absolute Gasteiger partial charge is 0.242 e. The molecule has 0 aliphatic carbocycles. The zero-order chi connectivity index (χ0) is 11.4. The Morgan fingerprint density at radius 2 is 2.13 bits per heavy atom. The fourth-order valence-electron chi connectivity index (χ4n) is 1.65. The number of carbonyl (C=O) groups excluding carboxylic acids is 2. The molecule has 5 heteroatoms. The quantitative estimate of drug-likeness (QED) is 0.671. The van der Waals surface area contributed by atoms with Crippen molar-refractivity contribution in [3.05, 3.63) is 0 Å². The number of carbonyl (C=O) groups is 2. The predicted molar refractivity (Wildman–Crippen MR) is 57.4 cm³/mol. The number of nitrogens with zero attached hydrogens (tertiary/aromatic N) is 2. The molecule has 1 rings (SSSR count). The Morgan fingerprint density at radius 1 is 1.47 bits per heavy atom. The Balaban J connectivity index is 2.43. The molecule has 15 heavy (non-hydrogen) atoms. The van der Waals surface area contributed by atoms with E-state index >= 15 is 0 Å². The Labute approximate surface area is 90.4 Å². The van der Waals surface area contributed by atoms with Gasteiger partial charge in [-0.25, -0.2) is 0 Å². The van der Waals surface area contributed by atoms with Gasteiger partial charge in [0.15, 0.2) is 0 Å². The molecule has 1 fully saturated rings. The van der Waals surface area contributed by atoms with Gasteiger partial charge in [-0.3, -0.25) is 9.59 Å². The van der Waals surface area contributed by atoms with E-state index in [0.29, 0.717) is 6.54 Å². The Bertz CT molecular complexity index is 253. The maximum atomic E-state index is 11.5. The van der Waals surface area contributed by atoms with Crippen LogP contribution >= 0.6 is 0 Å². The van der Waals surface area contributed by atoms with Crippen molar-refractivity contribution in [2.24, 2.45) is 0 Å². The highest BCUT2D eigenvalue weighted by Crippen LogP contribution is 2.05. The zero-order valence-electron chi connectivity index (χ0n) is 9.62. The molecule has 5 nitrogen and oxygen atoms in total. The first-order valence-corrected chi connectivity index (χ1v) is 5.24. The summed E-state index contributed by atoms with van der Waals surface area (Å²) in [7, 11) is 3.99. The Kier molecular flexibility index (Phi) is 4.08. The van der Waals surface area contributed by atoms with Crippen LogP contribution in [0.2, 0.25) is 0 Å². The zero-order valence-corrected chi connectivity index (χ0v) is 9.62. The fourth-order valence-corrected chi connectivity index (χ4v) is 1.65. The van der Waals surface area contributed by atoms with Gasteiger partial charge in [-0.2, -0.15) is 0 Å². The average Bonchev–Trinajstić information content (AvgIpc) is 2.17. The summed E-state index contributed by atoms with van der Waals surface area (Å²) < 4.78 is 0. The molecule has 86 valence electrons. The Hall–Kier alpha value is -1.10. The van der Waals surface area contributed by atoms with Gasteiger partial charge in [0.05, 0.1) is 6.54 Å². The van der Waals surface area contributed by atoms with E-state index in [1.54, 1.807) is 11.8 Å². The molecule has 0 aromatic carbocycles. The molecule has 0 aromatic heterocycles. The monoisotopic (exact) mass is 213 g/mol. The summed E-state index contributed by atoms with van der Waals surface area (Å²) in [5.74, 6) is -0.0414. The van der Waals surface area contributed by atoms with E-state index < -0.39 is 0 Å². The minimum absolute atomic E-state index is 0.0147. The van der Waals surface area contributed by atoms with E-state index in [1.165, 1.54) is 0 Å². The molecule has 2 amide bonds. The van der Waals surface area contributed by atoms with Crippen molar-refractivity contribution >= 4 is 11.8 Å². The summed E-state index contributed by atoms with van der Waals surface area (Å²) in [5.41, 5.74) is 0. The maximum Gasteiger partial charge on any atom is 0.242 e. The largest absolute Gasteiger partial charge is 0.345 e. The van der Waals surface area contributed by atoms with Crippen molar-refractivity contribution in [2.45, 2.75) is 19.4 Å². The van der Waals surface area contributed by atoms with E-state index in [0.717, 1.165) is 13.0 Å². The normalized spacial score (nSPS) is 22.1. The summed E-state index contributed by atoms with van der Waals surface area (Å²) in [5, 5.41) is 2.57. The molecule has 0 aromatic rings. The summed E-state index contributed by atoms with van der Waals surface area (Å²) in [6.07, 6.45) is 0.899. The summed E-state index contributed by atoms with van der Waals surface area (Å²) >= 11 is 0. The average molecular weight is 213 g/mol. The lowest BCUT2D eigenvalue weighted by atomic mass is 10.2. The first kappa shape index (κ1) is 12.0. The number of hydrogen-bond donors (Lipinski definition) is 1. The molecule has 1 atom stereocenters. The SMILES string of the molecule is CC1C(=O)NCC(=O)N1CCCN(C)C. The lowest BCUT2D eigenvalue weighted by molar-refractivity contribution is -0.144. The van der Waals surface area contributed by atoms with Crippen LogP contribution in [0, 0.1) is 0 Å². The second-order valence-electron chi connectivity index (χ2n) is 4.14. The third-order valence-electron chi connectivity index (χ3n) is 2.59. The number of hydrogen-bond acceptors (Lipinski definition) is 3. The topological polar surface area (TPSA) is 52.7 Å². The number of rotatable bonds is 4. The second kappa shape index (κ2) is 5.11. The summed E-state index contributed by atoms with van der Waals surface area (Å²) in [6, 6.07) is -0.326. The van der Waals surface area contributed by atoms with Crippen molar-refractivity contribution < 1.29 is 9.59 Å². The molecule has 0 spiro atoms. The van der Waals surface area contributed by atoms with Crippen LogP contribution < -0.4 is 5.32 Å². The lowest BCUT2D eigenvalue weighted by Gasteiger charge is -2.32. The molecule has 1 aliphatic rings. The van der Waals surface area contributed by atoms with Crippen molar-refractivity contribution in [1.82, 2.24) is 15.1 Å². The van der Waals surface area contributed by atoms with Crippen molar-refractivity contribution in [3.63, 3.8) is 0 Å². The van der Waals surface area contributed by atoms with Crippen LogP contribution in [-0.2, 0) is 9.59 Å². The second-order valence-corrected chi connectivity index (χ2v) is 4.14. The van der Waals surface area contributed by atoms with Crippen LogP contribution in [0.25, 0.3) is 0 Å². The molecule has 1 saturated heterocycles. The van der Waals surface area contributed by atoms with Crippen molar-refractivity contribution in [1.29, 1.82) is 0 Å². The van der Waals surface area contributed by atoms with E-state index in [-0.39, 0.29) is 24.4 Å². The van der Waals surface area contributed by atoms with Gasteiger partial charge in [-0.05, 0) is 34.0 Å². The highest BCUT2D eigenvalue weighted by molar-refractivity contribution is 5.94. The lowest BCUT2D eigenvalue weighted by Crippen LogP contribution is -2.57. The van der Waals surface area contributed by atoms with Crippen LogP contribution in [0.15, 0.2) is 0 Å². The maximum absolute atomic E-state index is 11.5. The highest BCUT2D eigenvalue weighted by Gasteiger charge is 2.30. The molecule has 0 radical (unpaired) electrons. The molecule has 0 saturated carbocycles. The van der Waals surface area contributed by atoms with Gasteiger partial charge in [-0.1, -0.05) is 0 Å². The molecule has 1 N–H and O–H groups in total. The van der Waals surface area contributed by atoms with Crippen molar-refractivity contribution in [3.8, 4) is 0 Å². The van der Waals surface area contributed by atoms with Gasteiger partial charge in [0.1, 0.15) is 6.04 Å². The van der Waals surface area contributed by atoms with Gasteiger partial charge in [0.25, 0.3) is 0 Å². The molecular weight excluding hydrogens is 194 g/mol. The summed E-state index contributed by atoms with van der Waals surface area (Å²) in [6.45, 7) is 3.50. The van der Waals surface area contributed by atoms with Crippen LogP contribution in [-0.4, -0.2) is 61.4 Å². The number of amides is 2. The molecule has 1 heterocycles. The van der Waals surface area contributed by atoms with Gasteiger partial charge < -0.3 is 15.1 Å². The van der Waals surface area contributed by atoms with Crippen LogP contribution in [0.5, 0.6) is 0 Å². The Morgan fingerprint density at radius 3 is 2.73 bits per heavy atom. The van der Waals surface area contributed by atoms with Gasteiger partial charge in [-0.15, -0.1) is 0 Å². The minimum atomic E-state index is -0.326. The van der Waals surface area contributed by atoms with E-state index in [1.807, 2.05) is 14.1 Å². The predicted octanol–water partition coefficient (Wildman–Crippen LogP) is -0.715. The molecular formula is C10H19N3O2. The van der Waals surface area contributed by atoms with Gasteiger partial charge in [0.2, 0.25) is 11.8 Å². The number of nitrogens with one attached hydrogen (secondary N) is 1. The fraction of sp³-hybridized carbons (Fsp3) is 0.800. The minimum Gasteiger partial charge on any atom is -0.345 e. The van der Waals surface area contributed by atoms with E-state index in [2.05, 4.69) is 10.2 Å². The summed E-state index contributed by atoms with van der Waals surface area (Å²) in [4.78, 5) is 26.6. The van der Waals surface area contributed by atoms with Crippen molar-refractivity contribution in [2.75, 3.05) is 33.7 Å². The van der Waals surface area contributed by atoms with E-state index in [4.69, 9.17) is 0 Å². The van der Waals surface area contributed by atoms with Gasteiger partial charge >= 0.3 is 0 Å². The molecule has 0 bridgehead atoms. The molecule has 1 aliphatic heterocycles. The van der Waals surface area contributed by atoms with Crippen LogP contribution in [0.4, 0.5) is 0 Å². The van der Waals surface area contributed by atoms with E-state index in [9.17, 15) is 9.59 Å². The molecule has 1 unspecified atom stereocenters. The third-order valence-corrected chi connectivity index (χ3v) is 2.59. The van der Waals surface area contributed by atoms with Crippen LogP contribution in [0.1, 0.15) is 13.3 Å². The standard InChI is InChI=1S/C10H19N3O2/c1-8-10(15)11-7-9(14)13(8)6-4-5-12(2)3/h8H,4-7H2,1-3H3,(H,11,15). The first-order chi connectivity index (χ1) is 7.02. The van der Waals surface area contributed by atoms with Crippen LogP contribution in [0.3, 0.4) is 0 Å². The van der Waals surface area contributed by atoms with Gasteiger partial charge in [0, 0.05) is 6.54 Å². The highest BCUT2D eigenvalue weighted by atomic mass is 16.2. The first-order valence-electron chi connectivity index (χ1n) is 5.24. The third kappa shape index (κ3) is 3.20.